The predicted octanol–water partition coefficient (Wildman–Crippen LogP) is 2.67. The fourth-order valence-electron chi connectivity index (χ4n) is 2.48. The summed E-state index contributed by atoms with van der Waals surface area (Å²) in [6.45, 7) is 4.46. The minimum Gasteiger partial charge on any atom is -0.494 e. The Morgan fingerprint density at radius 3 is 2.62 bits per heavy atom. The molecule has 26 heavy (non-hydrogen) atoms. The molecule has 0 atom stereocenters. The highest BCUT2D eigenvalue weighted by molar-refractivity contribution is 7.92. The van der Waals surface area contributed by atoms with E-state index in [-0.39, 0.29) is 22.3 Å². The second-order valence-corrected chi connectivity index (χ2v) is 8.13. The number of aryl methyl sites for hydroxylation is 2. The summed E-state index contributed by atoms with van der Waals surface area (Å²) in [7, 11) is -2.43. The summed E-state index contributed by atoms with van der Waals surface area (Å²) >= 11 is 1.21. The molecular weight excluding hydrogens is 380 g/mol. The largest absolute Gasteiger partial charge is 0.494 e. The molecule has 0 fully saturated rings. The topological polar surface area (TPSA) is 123 Å². The monoisotopic (exact) mass is 396 g/mol. The number of aromatic nitrogens is 2. The fourth-order valence-corrected chi connectivity index (χ4v) is 4.82. The quantitative estimate of drug-likeness (QED) is 0.679. The molecule has 3 aromatic rings. The number of hydrogen-bond donors (Lipinski definition) is 2. The number of methoxy groups -OCH3 is 1. The second kappa shape index (κ2) is 6.57. The van der Waals surface area contributed by atoms with Crippen LogP contribution in [0, 0.1) is 13.8 Å². The molecular formula is C15H16N4O5S2. The number of ether oxygens (including phenoxy) is 1. The average Bonchev–Trinajstić information content (AvgIpc) is 3.08. The highest BCUT2D eigenvalue weighted by Gasteiger charge is 2.25. The normalized spacial score (nSPS) is 11.5. The number of hydrogen-bond acceptors (Lipinski definition) is 8. The summed E-state index contributed by atoms with van der Waals surface area (Å²) in [6.07, 6.45) is 0. The number of sulfonamides is 1. The van der Waals surface area contributed by atoms with Crippen LogP contribution in [0.3, 0.4) is 0 Å². The van der Waals surface area contributed by atoms with Crippen LogP contribution in [0.1, 0.15) is 18.4 Å². The number of benzene rings is 1. The lowest BCUT2D eigenvalue weighted by Gasteiger charge is -2.09. The molecule has 2 N–H and O–H groups in total. The van der Waals surface area contributed by atoms with Gasteiger partial charge >= 0.3 is 0 Å². The first-order valence-corrected chi connectivity index (χ1v) is 9.73. The van der Waals surface area contributed by atoms with E-state index in [1.54, 1.807) is 13.0 Å². The van der Waals surface area contributed by atoms with E-state index in [2.05, 4.69) is 20.2 Å². The minimum absolute atomic E-state index is 0.000182. The SMILES string of the molecule is COc1cc(NS(=O)(=O)c2c(C)noc2C)cc2sc(NC(C)=O)nc12. The van der Waals surface area contributed by atoms with Crippen molar-refractivity contribution in [2.75, 3.05) is 17.1 Å². The molecule has 0 unspecified atom stereocenters. The number of amides is 1. The zero-order chi connectivity index (χ0) is 19.1. The molecule has 2 aromatic heterocycles. The van der Waals surface area contributed by atoms with Crippen LogP contribution in [-0.2, 0) is 14.8 Å². The molecule has 1 amide bonds. The van der Waals surface area contributed by atoms with Crippen LogP contribution in [0.25, 0.3) is 10.2 Å². The van der Waals surface area contributed by atoms with Gasteiger partial charge in [0, 0.05) is 13.0 Å². The molecule has 0 spiro atoms. The molecule has 0 saturated heterocycles. The van der Waals surface area contributed by atoms with Crippen molar-refractivity contribution in [2.45, 2.75) is 25.7 Å². The smallest absolute Gasteiger partial charge is 0.267 e. The Kier molecular flexibility index (Phi) is 4.59. The van der Waals surface area contributed by atoms with Gasteiger partial charge in [0.2, 0.25) is 5.91 Å². The number of anilines is 2. The van der Waals surface area contributed by atoms with Gasteiger partial charge in [-0.1, -0.05) is 16.5 Å². The number of carbonyl (C=O) groups is 1. The molecule has 0 aliphatic carbocycles. The van der Waals surface area contributed by atoms with Crippen molar-refractivity contribution in [3.63, 3.8) is 0 Å². The van der Waals surface area contributed by atoms with Gasteiger partial charge in [0.25, 0.3) is 10.0 Å². The molecule has 138 valence electrons. The Morgan fingerprint density at radius 1 is 1.31 bits per heavy atom. The fraction of sp³-hybridized carbons (Fsp3) is 0.267. The molecule has 0 saturated carbocycles. The lowest BCUT2D eigenvalue weighted by Crippen LogP contribution is -2.14. The van der Waals surface area contributed by atoms with Crippen LogP contribution < -0.4 is 14.8 Å². The second-order valence-electron chi connectivity index (χ2n) is 5.48. The Labute approximate surface area is 153 Å². The third kappa shape index (κ3) is 3.35. The van der Waals surface area contributed by atoms with Gasteiger partial charge < -0.3 is 14.6 Å². The maximum absolute atomic E-state index is 12.7. The first kappa shape index (κ1) is 18.1. The summed E-state index contributed by atoms with van der Waals surface area (Å²) in [6, 6.07) is 3.14. The molecule has 0 aliphatic heterocycles. The predicted molar refractivity (Wildman–Crippen MR) is 97.3 cm³/mol. The van der Waals surface area contributed by atoms with E-state index in [0.717, 1.165) is 0 Å². The van der Waals surface area contributed by atoms with E-state index in [1.165, 1.54) is 38.4 Å². The van der Waals surface area contributed by atoms with Crippen LogP contribution in [-0.4, -0.2) is 31.6 Å². The Balaban J connectivity index is 2.04. The molecule has 0 bridgehead atoms. The number of fused-ring (bicyclic) bond motifs is 1. The van der Waals surface area contributed by atoms with Crippen molar-refractivity contribution in [1.82, 2.24) is 10.1 Å². The standard InChI is InChI=1S/C15H16N4O5S2/c1-7-14(8(2)24-18-7)26(21,22)19-10-5-11(23-4)13-12(6-10)25-15(17-13)16-9(3)20/h5-6,19H,1-4H3,(H,16,17,20). The van der Waals surface area contributed by atoms with E-state index in [9.17, 15) is 13.2 Å². The van der Waals surface area contributed by atoms with Gasteiger partial charge in [-0.15, -0.1) is 0 Å². The van der Waals surface area contributed by atoms with Gasteiger partial charge in [0.1, 0.15) is 17.0 Å². The van der Waals surface area contributed by atoms with Crippen LogP contribution in [0.4, 0.5) is 10.8 Å². The maximum atomic E-state index is 12.7. The zero-order valence-electron chi connectivity index (χ0n) is 14.4. The first-order chi connectivity index (χ1) is 12.2. The molecule has 0 radical (unpaired) electrons. The number of rotatable bonds is 5. The van der Waals surface area contributed by atoms with Gasteiger partial charge in [0.15, 0.2) is 15.8 Å². The van der Waals surface area contributed by atoms with Crippen molar-refractivity contribution in [2.24, 2.45) is 0 Å². The summed E-state index contributed by atoms with van der Waals surface area (Å²) in [5, 5.41) is 6.68. The van der Waals surface area contributed by atoms with Crippen LogP contribution >= 0.6 is 11.3 Å². The lowest BCUT2D eigenvalue weighted by atomic mass is 10.3. The maximum Gasteiger partial charge on any atom is 0.267 e. The first-order valence-electron chi connectivity index (χ1n) is 7.43. The summed E-state index contributed by atoms with van der Waals surface area (Å²) < 4.78 is 38.7. The Bertz CT molecular complexity index is 1080. The van der Waals surface area contributed by atoms with E-state index in [1.807, 2.05) is 0 Å². The van der Waals surface area contributed by atoms with Gasteiger partial charge in [-0.05, 0) is 19.9 Å². The number of nitrogens with zero attached hydrogens (tertiary/aromatic N) is 2. The number of thiazole rings is 1. The zero-order valence-corrected chi connectivity index (χ0v) is 16.0. The van der Waals surface area contributed by atoms with Gasteiger partial charge in [-0.2, -0.15) is 0 Å². The summed E-state index contributed by atoms with van der Waals surface area (Å²) in [5.41, 5.74) is 1.10. The van der Waals surface area contributed by atoms with E-state index >= 15 is 0 Å². The highest BCUT2D eigenvalue weighted by atomic mass is 32.2. The van der Waals surface area contributed by atoms with E-state index in [4.69, 9.17) is 9.26 Å². The highest BCUT2D eigenvalue weighted by Crippen LogP contribution is 2.36. The van der Waals surface area contributed by atoms with Crippen LogP contribution in [0.5, 0.6) is 5.75 Å². The Morgan fingerprint density at radius 2 is 2.04 bits per heavy atom. The summed E-state index contributed by atoms with van der Waals surface area (Å²) in [4.78, 5) is 15.5. The van der Waals surface area contributed by atoms with E-state index in [0.29, 0.717) is 26.8 Å². The molecule has 3 rings (SSSR count). The summed E-state index contributed by atoms with van der Waals surface area (Å²) in [5.74, 6) is 0.336. The molecule has 1 aromatic carbocycles. The van der Waals surface area contributed by atoms with Crippen molar-refractivity contribution >= 4 is 48.3 Å². The molecule has 2 heterocycles. The lowest BCUT2D eigenvalue weighted by molar-refractivity contribution is -0.114. The number of carbonyl (C=O) groups excluding carboxylic acids is 1. The third-order valence-corrected chi connectivity index (χ3v) is 5.99. The Hall–Kier alpha value is -2.66. The van der Waals surface area contributed by atoms with Gasteiger partial charge in [-0.25, -0.2) is 13.4 Å². The molecule has 11 heteroatoms. The average molecular weight is 396 g/mol. The van der Waals surface area contributed by atoms with E-state index < -0.39 is 10.0 Å². The van der Waals surface area contributed by atoms with Crippen LogP contribution in [0.15, 0.2) is 21.6 Å². The third-order valence-electron chi connectivity index (χ3n) is 3.45. The number of nitrogens with one attached hydrogen (secondary N) is 2. The van der Waals surface area contributed by atoms with Crippen molar-refractivity contribution in [3.8, 4) is 5.75 Å². The van der Waals surface area contributed by atoms with Gasteiger partial charge in [-0.3, -0.25) is 9.52 Å². The molecule has 0 aliphatic rings. The van der Waals surface area contributed by atoms with Crippen molar-refractivity contribution in [1.29, 1.82) is 0 Å². The van der Waals surface area contributed by atoms with Crippen molar-refractivity contribution < 1.29 is 22.5 Å². The van der Waals surface area contributed by atoms with Crippen LogP contribution in [0.2, 0.25) is 0 Å². The van der Waals surface area contributed by atoms with Crippen molar-refractivity contribution in [3.05, 3.63) is 23.6 Å². The van der Waals surface area contributed by atoms with Gasteiger partial charge in [0.05, 0.1) is 17.5 Å². The molecule has 9 nitrogen and oxygen atoms in total. The minimum atomic E-state index is -3.88.